The lowest BCUT2D eigenvalue weighted by Crippen LogP contribution is -2.10. The number of furan rings is 1. The van der Waals surface area contributed by atoms with Gasteiger partial charge in [-0.1, -0.05) is 188 Å². The SMILES string of the molecule is c1ccc(-c2ccc(N(c3ccc(-c4ccccc4-c4ccccc4)cc3)c3ccc4c5ccccc5n(-c5ccccc5-c5cccc6c5oc5ccccc56)c4c3)cc2)cc1. The van der Waals surface area contributed by atoms with Crippen LogP contribution in [-0.4, -0.2) is 4.57 Å². The van der Waals surface area contributed by atoms with E-state index in [-0.39, 0.29) is 0 Å². The number of anilines is 3. The Bertz CT molecular complexity index is 3600. The van der Waals surface area contributed by atoms with Crippen molar-refractivity contribution in [2.45, 2.75) is 0 Å². The van der Waals surface area contributed by atoms with Crippen LogP contribution in [0.2, 0.25) is 0 Å². The van der Waals surface area contributed by atoms with Crippen LogP contribution in [0.5, 0.6) is 0 Å². The average Bonchev–Trinajstić information content (AvgIpc) is 3.91. The molecule has 3 heteroatoms. The minimum atomic E-state index is 0.893. The maximum Gasteiger partial charge on any atom is 0.143 e. The molecule has 0 spiro atoms. The Hall–Kier alpha value is -8.40. The third kappa shape index (κ3) is 6.29. The minimum Gasteiger partial charge on any atom is -0.455 e. The zero-order valence-corrected chi connectivity index (χ0v) is 34.4. The molecule has 12 rings (SSSR count). The molecule has 0 saturated heterocycles. The Labute approximate surface area is 366 Å². The van der Waals surface area contributed by atoms with Crippen LogP contribution in [0, 0.1) is 0 Å². The lowest BCUT2D eigenvalue weighted by Gasteiger charge is -2.26. The predicted octanol–water partition coefficient (Wildman–Crippen LogP) is 16.8. The number of rotatable bonds is 8. The second-order valence-corrected chi connectivity index (χ2v) is 16.1. The topological polar surface area (TPSA) is 21.3 Å². The number of benzene rings is 10. The maximum absolute atomic E-state index is 6.62. The fourth-order valence-corrected chi connectivity index (χ4v) is 9.49. The Balaban J connectivity index is 1.04. The summed E-state index contributed by atoms with van der Waals surface area (Å²) in [6.45, 7) is 0. The number of aromatic nitrogens is 1. The highest BCUT2D eigenvalue weighted by molar-refractivity contribution is 6.13. The molecule has 0 saturated carbocycles. The third-order valence-electron chi connectivity index (χ3n) is 12.4. The summed E-state index contributed by atoms with van der Waals surface area (Å²) in [6, 6.07) is 87.1. The van der Waals surface area contributed by atoms with E-state index in [4.69, 9.17) is 4.42 Å². The second-order valence-electron chi connectivity index (χ2n) is 16.1. The fourth-order valence-electron chi connectivity index (χ4n) is 9.49. The predicted molar refractivity (Wildman–Crippen MR) is 264 cm³/mol. The van der Waals surface area contributed by atoms with Gasteiger partial charge in [-0.2, -0.15) is 0 Å². The zero-order valence-electron chi connectivity index (χ0n) is 34.4. The van der Waals surface area contributed by atoms with Gasteiger partial charge in [0.25, 0.3) is 0 Å². The highest BCUT2D eigenvalue weighted by atomic mass is 16.3. The molecule has 0 fully saturated rings. The van der Waals surface area contributed by atoms with E-state index >= 15 is 0 Å². The number of hydrogen-bond acceptors (Lipinski definition) is 2. The van der Waals surface area contributed by atoms with Crippen LogP contribution in [0.1, 0.15) is 0 Å². The molecule has 12 aromatic rings. The molecule has 0 N–H and O–H groups in total. The van der Waals surface area contributed by atoms with Crippen LogP contribution in [0.3, 0.4) is 0 Å². The number of fused-ring (bicyclic) bond motifs is 6. The molecular formula is C60H40N2O. The summed E-state index contributed by atoms with van der Waals surface area (Å²) in [5.41, 5.74) is 17.7. The van der Waals surface area contributed by atoms with Crippen molar-refractivity contribution >= 4 is 60.8 Å². The molecule has 0 aliphatic heterocycles. The van der Waals surface area contributed by atoms with Gasteiger partial charge in [-0.3, -0.25) is 0 Å². The first-order valence-corrected chi connectivity index (χ1v) is 21.5. The summed E-state index contributed by atoms with van der Waals surface area (Å²) in [5, 5.41) is 4.64. The zero-order chi connectivity index (χ0) is 41.7. The largest absolute Gasteiger partial charge is 0.455 e. The van der Waals surface area contributed by atoms with Crippen LogP contribution >= 0.6 is 0 Å². The van der Waals surface area contributed by atoms with Gasteiger partial charge in [0.15, 0.2) is 0 Å². The van der Waals surface area contributed by atoms with Crippen LogP contribution in [0.4, 0.5) is 17.1 Å². The van der Waals surface area contributed by atoms with Gasteiger partial charge >= 0.3 is 0 Å². The molecule has 2 aromatic heterocycles. The van der Waals surface area contributed by atoms with E-state index < -0.39 is 0 Å². The quantitative estimate of drug-likeness (QED) is 0.153. The number of nitrogens with zero attached hydrogens (tertiary/aromatic N) is 2. The van der Waals surface area contributed by atoms with Crippen molar-refractivity contribution in [2.75, 3.05) is 4.90 Å². The van der Waals surface area contributed by atoms with Gasteiger partial charge in [0, 0.05) is 49.7 Å². The van der Waals surface area contributed by atoms with Crippen LogP contribution in [0.15, 0.2) is 247 Å². The van der Waals surface area contributed by atoms with Crippen molar-refractivity contribution in [3.63, 3.8) is 0 Å². The summed E-state index contributed by atoms with van der Waals surface area (Å²) in [6.07, 6.45) is 0. The van der Waals surface area contributed by atoms with Crippen molar-refractivity contribution in [1.82, 2.24) is 4.57 Å². The van der Waals surface area contributed by atoms with Crippen LogP contribution in [0.25, 0.3) is 93.9 Å². The smallest absolute Gasteiger partial charge is 0.143 e. The summed E-state index contributed by atoms with van der Waals surface area (Å²) in [7, 11) is 0. The lowest BCUT2D eigenvalue weighted by molar-refractivity contribution is 0.670. The van der Waals surface area contributed by atoms with Gasteiger partial charge in [-0.25, -0.2) is 0 Å². The van der Waals surface area contributed by atoms with E-state index in [1.54, 1.807) is 0 Å². The maximum atomic E-state index is 6.62. The third-order valence-corrected chi connectivity index (χ3v) is 12.4. The Morgan fingerprint density at radius 2 is 0.794 bits per heavy atom. The first-order chi connectivity index (χ1) is 31.3. The highest BCUT2D eigenvalue weighted by Gasteiger charge is 2.21. The monoisotopic (exact) mass is 804 g/mol. The second kappa shape index (κ2) is 15.3. The molecule has 0 unspecified atom stereocenters. The normalized spacial score (nSPS) is 11.5. The van der Waals surface area contributed by atoms with Crippen molar-refractivity contribution in [2.24, 2.45) is 0 Å². The standard InChI is InChI=1S/C60H40N2O/c1-3-16-41(17-4-1)42-30-34-45(35-31-42)61(46-36-32-44(33-37-46)49-21-8-7-20-48(49)43-18-5-2-6-19-43)47-38-39-52-50-22-9-12-27-56(50)62(58(52)40-47)57-28-13-10-23-51(57)54-25-15-26-55-53-24-11-14-29-59(53)63-60(54)55/h1-40H. The number of para-hydroxylation sites is 4. The van der Waals surface area contributed by atoms with Crippen molar-refractivity contribution in [3.05, 3.63) is 243 Å². The molecule has 296 valence electrons. The molecule has 0 radical (unpaired) electrons. The van der Waals surface area contributed by atoms with E-state index in [1.807, 2.05) is 6.07 Å². The summed E-state index contributed by atoms with van der Waals surface area (Å²) in [5.74, 6) is 0. The molecular weight excluding hydrogens is 765 g/mol. The molecule has 3 nitrogen and oxygen atoms in total. The highest BCUT2D eigenvalue weighted by Crippen LogP contribution is 2.44. The average molecular weight is 805 g/mol. The van der Waals surface area contributed by atoms with E-state index in [0.717, 1.165) is 66.8 Å². The van der Waals surface area contributed by atoms with Crippen molar-refractivity contribution < 1.29 is 4.42 Å². The Morgan fingerprint density at radius 3 is 1.52 bits per heavy atom. The molecule has 0 aliphatic carbocycles. The molecule has 0 atom stereocenters. The van der Waals surface area contributed by atoms with Crippen LogP contribution in [-0.2, 0) is 0 Å². The molecule has 2 heterocycles. The molecule has 0 bridgehead atoms. The van der Waals surface area contributed by atoms with Gasteiger partial charge in [0.1, 0.15) is 11.2 Å². The number of hydrogen-bond donors (Lipinski definition) is 0. The fraction of sp³-hybridized carbons (Fsp3) is 0. The summed E-state index contributed by atoms with van der Waals surface area (Å²) >= 11 is 0. The lowest BCUT2D eigenvalue weighted by atomic mass is 9.94. The molecule has 0 amide bonds. The van der Waals surface area contributed by atoms with Gasteiger partial charge in [-0.15, -0.1) is 0 Å². The van der Waals surface area contributed by atoms with E-state index in [9.17, 15) is 0 Å². The van der Waals surface area contributed by atoms with Crippen molar-refractivity contribution in [1.29, 1.82) is 0 Å². The van der Waals surface area contributed by atoms with Gasteiger partial charge < -0.3 is 13.9 Å². The first-order valence-electron chi connectivity index (χ1n) is 21.5. The van der Waals surface area contributed by atoms with Crippen molar-refractivity contribution in [3.8, 4) is 50.2 Å². The molecule has 10 aromatic carbocycles. The van der Waals surface area contributed by atoms with Gasteiger partial charge in [-0.05, 0) is 88.0 Å². The Kier molecular flexibility index (Phi) is 8.83. The van der Waals surface area contributed by atoms with Gasteiger partial charge in [0.05, 0.1) is 16.7 Å². The van der Waals surface area contributed by atoms with E-state index in [1.165, 1.54) is 44.2 Å². The molecule has 0 aliphatic rings. The first kappa shape index (κ1) is 36.5. The van der Waals surface area contributed by atoms with Crippen LogP contribution < -0.4 is 4.90 Å². The molecule has 63 heavy (non-hydrogen) atoms. The summed E-state index contributed by atoms with van der Waals surface area (Å²) in [4.78, 5) is 2.38. The minimum absolute atomic E-state index is 0.893. The Morgan fingerprint density at radius 1 is 0.302 bits per heavy atom. The van der Waals surface area contributed by atoms with E-state index in [2.05, 4.69) is 246 Å². The van der Waals surface area contributed by atoms with E-state index in [0.29, 0.717) is 0 Å². The van der Waals surface area contributed by atoms with Gasteiger partial charge in [0.2, 0.25) is 0 Å². The summed E-state index contributed by atoms with van der Waals surface area (Å²) < 4.78 is 9.06.